The normalized spacial score (nSPS) is 13.0. The summed E-state index contributed by atoms with van der Waals surface area (Å²) in [7, 11) is 0. The first kappa shape index (κ1) is 69.8. The second-order valence-electron chi connectivity index (χ2n) is 19.9. The Kier molecular flexibility index (Phi) is 57.9. The third kappa shape index (κ3) is 58.7. The third-order valence-electron chi connectivity index (χ3n) is 12.7. The van der Waals surface area contributed by atoms with Gasteiger partial charge in [0.15, 0.2) is 6.10 Å². The second kappa shape index (κ2) is 61.4. The highest BCUT2D eigenvalue weighted by Gasteiger charge is 2.19. The SMILES string of the molecule is CC/C=C\C/C=C\C/C=C\C/C=C\C/C=C\C/C=C\CCCCCCC(=O)OCC(COC(=O)CCCCCCC/C=C\C/C=C\CCCCCC)OC(=O)CCCCCCCCC/C=C\C/C=C\CCCCC. The summed E-state index contributed by atoms with van der Waals surface area (Å²) in [6, 6.07) is 0. The van der Waals surface area contributed by atoms with Gasteiger partial charge >= 0.3 is 17.9 Å². The highest BCUT2D eigenvalue weighted by atomic mass is 16.6. The van der Waals surface area contributed by atoms with Gasteiger partial charge in [-0.05, 0) is 135 Å². The van der Waals surface area contributed by atoms with E-state index >= 15 is 0 Å². The van der Waals surface area contributed by atoms with E-state index in [0.717, 1.165) is 148 Å². The Hall–Kier alpha value is -4.19. The molecule has 6 nitrogen and oxygen atoms in total. The Morgan fingerprint density at radius 1 is 0.284 bits per heavy atom. The molecule has 0 saturated heterocycles. The average molecular weight is 1030 g/mol. The maximum absolute atomic E-state index is 12.9. The molecule has 0 aliphatic carbocycles. The van der Waals surface area contributed by atoms with Crippen molar-refractivity contribution in [3.05, 3.63) is 122 Å². The largest absolute Gasteiger partial charge is 0.462 e. The highest BCUT2D eigenvalue weighted by molar-refractivity contribution is 5.71. The van der Waals surface area contributed by atoms with Crippen LogP contribution in [0.15, 0.2) is 122 Å². The van der Waals surface area contributed by atoms with Crippen LogP contribution in [0.1, 0.15) is 271 Å². The predicted molar refractivity (Wildman–Crippen MR) is 320 cm³/mol. The van der Waals surface area contributed by atoms with Gasteiger partial charge in [0.25, 0.3) is 0 Å². The molecule has 0 aromatic rings. The lowest BCUT2D eigenvalue weighted by atomic mass is 10.1. The second-order valence-corrected chi connectivity index (χ2v) is 19.9. The number of esters is 3. The van der Waals surface area contributed by atoms with Crippen LogP contribution in [-0.2, 0) is 28.6 Å². The molecule has 74 heavy (non-hydrogen) atoms. The van der Waals surface area contributed by atoms with Crippen molar-refractivity contribution >= 4 is 17.9 Å². The molecule has 0 aliphatic rings. The van der Waals surface area contributed by atoms with Crippen LogP contribution in [0.2, 0.25) is 0 Å². The Morgan fingerprint density at radius 3 is 0.851 bits per heavy atom. The zero-order valence-electron chi connectivity index (χ0n) is 48.1. The molecule has 0 heterocycles. The summed E-state index contributed by atoms with van der Waals surface area (Å²) >= 11 is 0. The van der Waals surface area contributed by atoms with Gasteiger partial charge in [0.2, 0.25) is 0 Å². The van der Waals surface area contributed by atoms with E-state index in [9.17, 15) is 14.4 Å². The van der Waals surface area contributed by atoms with Gasteiger partial charge in [-0.1, -0.05) is 239 Å². The molecule has 0 rings (SSSR count). The third-order valence-corrected chi connectivity index (χ3v) is 12.7. The van der Waals surface area contributed by atoms with E-state index in [0.29, 0.717) is 19.3 Å². The molecule has 0 spiro atoms. The molecule has 0 saturated carbocycles. The fourth-order valence-electron chi connectivity index (χ4n) is 8.09. The molecule has 0 radical (unpaired) electrons. The summed E-state index contributed by atoms with van der Waals surface area (Å²) in [6.45, 7) is 6.45. The molecule has 0 aromatic heterocycles. The monoisotopic (exact) mass is 1020 g/mol. The maximum atomic E-state index is 12.9. The van der Waals surface area contributed by atoms with Gasteiger partial charge in [-0.25, -0.2) is 0 Å². The van der Waals surface area contributed by atoms with E-state index in [2.05, 4.69) is 142 Å². The van der Waals surface area contributed by atoms with Crippen LogP contribution in [-0.4, -0.2) is 37.2 Å². The van der Waals surface area contributed by atoms with Crippen molar-refractivity contribution in [3.63, 3.8) is 0 Å². The molecule has 1 atom stereocenters. The molecular weight excluding hydrogens is 913 g/mol. The maximum Gasteiger partial charge on any atom is 0.306 e. The van der Waals surface area contributed by atoms with E-state index < -0.39 is 6.10 Å². The van der Waals surface area contributed by atoms with Crippen molar-refractivity contribution in [1.29, 1.82) is 0 Å². The number of rotatable bonds is 54. The Balaban J connectivity index is 4.48. The Labute approximate surface area is 456 Å². The average Bonchev–Trinajstić information content (AvgIpc) is 3.40. The van der Waals surface area contributed by atoms with Gasteiger partial charge in [0.05, 0.1) is 0 Å². The smallest absolute Gasteiger partial charge is 0.306 e. The first-order valence-electron chi connectivity index (χ1n) is 30.5. The number of allylic oxidation sites excluding steroid dienone is 20. The minimum atomic E-state index is -0.804. The van der Waals surface area contributed by atoms with Crippen LogP contribution >= 0.6 is 0 Å². The van der Waals surface area contributed by atoms with Crippen LogP contribution in [0.5, 0.6) is 0 Å². The van der Waals surface area contributed by atoms with E-state index in [1.807, 2.05) is 0 Å². The van der Waals surface area contributed by atoms with Crippen LogP contribution < -0.4 is 0 Å². The molecule has 6 heteroatoms. The van der Waals surface area contributed by atoms with E-state index in [-0.39, 0.29) is 31.1 Å². The van der Waals surface area contributed by atoms with Gasteiger partial charge in [-0.3, -0.25) is 14.4 Å². The predicted octanol–water partition coefficient (Wildman–Crippen LogP) is 20.8. The van der Waals surface area contributed by atoms with Gasteiger partial charge in [0.1, 0.15) is 13.2 Å². The summed E-state index contributed by atoms with van der Waals surface area (Å²) in [5.41, 5.74) is 0. The zero-order chi connectivity index (χ0) is 53.6. The molecule has 0 aromatic carbocycles. The van der Waals surface area contributed by atoms with E-state index in [4.69, 9.17) is 14.2 Å². The number of unbranched alkanes of at least 4 members (excludes halogenated alkanes) is 23. The summed E-state index contributed by atoms with van der Waals surface area (Å²) < 4.78 is 16.9. The van der Waals surface area contributed by atoms with Gasteiger partial charge in [-0.2, -0.15) is 0 Å². The number of hydrogen-bond acceptors (Lipinski definition) is 6. The lowest BCUT2D eigenvalue weighted by Crippen LogP contribution is -2.30. The van der Waals surface area contributed by atoms with Crippen molar-refractivity contribution in [2.45, 2.75) is 277 Å². The number of carbonyl (C=O) groups is 3. The topological polar surface area (TPSA) is 78.9 Å². The van der Waals surface area contributed by atoms with Crippen molar-refractivity contribution in [2.75, 3.05) is 13.2 Å². The fourth-order valence-corrected chi connectivity index (χ4v) is 8.09. The van der Waals surface area contributed by atoms with Crippen LogP contribution in [0, 0.1) is 0 Å². The minimum Gasteiger partial charge on any atom is -0.462 e. The molecule has 0 N–H and O–H groups in total. The highest BCUT2D eigenvalue weighted by Crippen LogP contribution is 2.14. The van der Waals surface area contributed by atoms with Gasteiger partial charge < -0.3 is 14.2 Å². The standard InChI is InChI=1S/C68H112O6/c1-4-7-10-13-16-19-22-25-28-31-32-33-34-35-36-38-40-43-46-49-52-55-58-61-67(70)73-64-65(63-72-66(69)60-57-54-51-48-45-42-39-30-27-24-21-18-15-12-9-6-3)74-68(71)62-59-56-53-50-47-44-41-37-29-26-23-20-17-14-11-8-5-2/h7,10,16-17,19-21,24-26,28-30,32-33,35-36,39-40,43,65H,4-6,8-9,11-15,18,22-23,27,31,34,37-38,41-42,44-64H2,1-3H3/b10-7-,19-16-,20-17-,24-21-,28-25-,29-26-,33-32-,36-35-,39-30-,43-40-. The number of hydrogen-bond donors (Lipinski definition) is 0. The zero-order valence-corrected chi connectivity index (χ0v) is 48.1. The first-order chi connectivity index (χ1) is 36.5. The van der Waals surface area contributed by atoms with Crippen LogP contribution in [0.25, 0.3) is 0 Å². The summed E-state index contributed by atoms with van der Waals surface area (Å²) in [6.07, 6.45) is 84.7. The summed E-state index contributed by atoms with van der Waals surface area (Å²) in [4.78, 5) is 38.3. The minimum absolute atomic E-state index is 0.0994. The lowest BCUT2D eigenvalue weighted by molar-refractivity contribution is -0.167. The van der Waals surface area contributed by atoms with E-state index in [1.165, 1.54) is 83.5 Å². The number of carbonyl (C=O) groups excluding carboxylic acids is 3. The molecule has 420 valence electrons. The summed E-state index contributed by atoms with van der Waals surface area (Å²) in [5, 5.41) is 0. The van der Waals surface area contributed by atoms with E-state index in [1.54, 1.807) is 0 Å². The fraction of sp³-hybridized carbons (Fsp3) is 0.662. The Bertz CT molecular complexity index is 1550. The quantitative estimate of drug-likeness (QED) is 0.0261. The van der Waals surface area contributed by atoms with Crippen molar-refractivity contribution in [3.8, 4) is 0 Å². The molecule has 0 aliphatic heterocycles. The Morgan fingerprint density at radius 2 is 0.527 bits per heavy atom. The molecule has 1 unspecified atom stereocenters. The molecule has 0 fully saturated rings. The molecule has 0 bridgehead atoms. The van der Waals surface area contributed by atoms with Crippen LogP contribution in [0.4, 0.5) is 0 Å². The van der Waals surface area contributed by atoms with Gasteiger partial charge in [0, 0.05) is 19.3 Å². The number of ether oxygens (including phenoxy) is 3. The van der Waals surface area contributed by atoms with Crippen molar-refractivity contribution < 1.29 is 28.6 Å². The molecular formula is C68H112O6. The van der Waals surface area contributed by atoms with Gasteiger partial charge in [-0.15, -0.1) is 0 Å². The molecule has 0 amide bonds. The first-order valence-corrected chi connectivity index (χ1v) is 30.5. The van der Waals surface area contributed by atoms with Crippen LogP contribution in [0.3, 0.4) is 0 Å². The van der Waals surface area contributed by atoms with Crippen molar-refractivity contribution in [2.24, 2.45) is 0 Å². The van der Waals surface area contributed by atoms with Crippen molar-refractivity contribution in [1.82, 2.24) is 0 Å². The summed E-state index contributed by atoms with van der Waals surface area (Å²) in [5.74, 6) is -0.944. The lowest BCUT2D eigenvalue weighted by Gasteiger charge is -2.18.